The Balaban J connectivity index is 1.94. The second-order valence-electron chi connectivity index (χ2n) is 5.12. The van der Waals surface area contributed by atoms with Crippen LogP contribution in [0.25, 0.3) is 0 Å². The number of hydrogen-bond acceptors (Lipinski definition) is 1. The molecule has 0 aliphatic heterocycles. The maximum absolute atomic E-state index is 12.1. The van der Waals surface area contributed by atoms with Crippen molar-refractivity contribution in [3.05, 3.63) is 34.3 Å². The first-order chi connectivity index (χ1) is 8.66. The van der Waals surface area contributed by atoms with Crippen LogP contribution in [-0.2, 0) is 4.79 Å². The van der Waals surface area contributed by atoms with Gasteiger partial charge in [0, 0.05) is 10.4 Å². The highest BCUT2D eigenvalue weighted by molar-refractivity contribution is 9.10. The van der Waals surface area contributed by atoms with E-state index in [1.807, 2.05) is 19.1 Å². The Morgan fingerprint density at radius 1 is 1.33 bits per heavy atom. The minimum Gasteiger partial charge on any atom is -0.349 e. The SMILES string of the molecule is C[C@@H](NC(=O)C1CCCCC1)c1cccc(Br)c1. The summed E-state index contributed by atoms with van der Waals surface area (Å²) in [5.41, 5.74) is 1.15. The Morgan fingerprint density at radius 3 is 2.72 bits per heavy atom. The van der Waals surface area contributed by atoms with Crippen LogP contribution in [0.2, 0.25) is 0 Å². The minimum atomic E-state index is 0.0805. The third-order valence-corrected chi connectivity index (χ3v) is 4.18. The average molecular weight is 310 g/mol. The fourth-order valence-corrected chi connectivity index (χ4v) is 2.97. The molecule has 0 unspecified atom stereocenters. The van der Waals surface area contributed by atoms with E-state index < -0.39 is 0 Å². The van der Waals surface area contributed by atoms with Gasteiger partial charge in [-0.25, -0.2) is 0 Å². The zero-order chi connectivity index (χ0) is 13.0. The highest BCUT2D eigenvalue weighted by Crippen LogP contribution is 2.25. The summed E-state index contributed by atoms with van der Waals surface area (Å²) in [5.74, 6) is 0.454. The Bertz CT molecular complexity index is 413. The number of benzene rings is 1. The largest absolute Gasteiger partial charge is 0.349 e. The molecule has 1 saturated carbocycles. The second kappa shape index (κ2) is 6.37. The number of carbonyl (C=O) groups is 1. The molecule has 1 atom stereocenters. The number of amides is 1. The summed E-state index contributed by atoms with van der Waals surface area (Å²) in [5, 5.41) is 3.13. The van der Waals surface area contributed by atoms with Gasteiger partial charge in [-0.1, -0.05) is 47.3 Å². The van der Waals surface area contributed by atoms with Crippen molar-refractivity contribution >= 4 is 21.8 Å². The van der Waals surface area contributed by atoms with Crippen LogP contribution in [0.1, 0.15) is 50.6 Å². The van der Waals surface area contributed by atoms with Crippen LogP contribution in [0.15, 0.2) is 28.7 Å². The molecule has 1 aromatic rings. The van der Waals surface area contributed by atoms with Crippen molar-refractivity contribution in [2.75, 3.05) is 0 Å². The first-order valence-electron chi connectivity index (χ1n) is 6.72. The summed E-state index contributed by atoms with van der Waals surface area (Å²) in [6.07, 6.45) is 5.78. The van der Waals surface area contributed by atoms with E-state index in [1.54, 1.807) is 0 Å². The molecule has 0 radical (unpaired) electrons. The molecule has 0 bridgehead atoms. The van der Waals surface area contributed by atoms with Crippen LogP contribution >= 0.6 is 15.9 Å². The van der Waals surface area contributed by atoms with Gasteiger partial charge in [0.2, 0.25) is 5.91 Å². The van der Waals surface area contributed by atoms with Crippen LogP contribution < -0.4 is 5.32 Å². The van der Waals surface area contributed by atoms with E-state index >= 15 is 0 Å². The van der Waals surface area contributed by atoms with Gasteiger partial charge in [-0.05, 0) is 37.5 Å². The van der Waals surface area contributed by atoms with Gasteiger partial charge >= 0.3 is 0 Å². The molecule has 18 heavy (non-hydrogen) atoms. The molecule has 1 fully saturated rings. The van der Waals surface area contributed by atoms with Gasteiger partial charge in [0.15, 0.2) is 0 Å². The van der Waals surface area contributed by atoms with Crippen LogP contribution in [0, 0.1) is 5.92 Å². The van der Waals surface area contributed by atoms with E-state index in [-0.39, 0.29) is 17.9 Å². The normalized spacial score (nSPS) is 18.3. The van der Waals surface area contributed by atoms with Crippen molar-refractivity contribution in [1.29, 1.82) is 0 Å². The van der Waals surface area contributed by atoms with Gasteiger partial charge in [0.05, 0.1) is 6.04 Å². The lowest BCUT2D eigenvalue weighted by Gasteiger charge is -2.23. The maximum atomic E-state index is 12.1. The lowest BCUT2D eigenvalue weighted by atomic mass is 9.88. The Kier molecular flexibility index (Phi) is 4.81. The molecule has 0 spiro atoms. The molecule has 0 saturated heterocycles. The molecule has 2 rings (SSSR count). The molecular weight excluding hydrogens is 290 g/mol. The molecule has 2 nitrogen and oxygen atoms in total. The number of carbonyl (C=O) groups excluding carboxylic acids is 1. The summed E-state index contributed by atoms with van der Waals surface area (Å²) in [7, 11) is 0. The fraction of sp³-hybridized carbons (Fsp3) is 0.533. The number of halogens is 1. The van der Waals surface area contributed by atoms with Gasteiger partial charge < -0.3 is 5.32 Å². The summed E-state index contributed by atoms with van der Waals surface area (Å²) in [6, 6.07) is 8.20. The van der Waals surface area contributed by atoms with Crippen LogP contribution in [-0.4, -0.2) is 5.91 Å². The van der Waals surface area contributed by atoms with E-state index in [2.05, 4.69) is 33.4 Å². The molecule has 1 aliphatic rings. The summed E-state index contributed by atoms with van der Waals surface area (Å²) in [6.45, 7) is 2.04. The number of rotatable bonds is 3. The number of hydrogen-bond donors (Lipinski definition) is 1. The summed E-state index contributed by atoms with van der Waals surface area (Å²) < 4.78 is 1.05. The van der Waals surface area contributed by atoms with E-state index in [0.717, 1.165) is 22.9 Å². The van der Waals surface area contributed by atoms with Gasteiger partial charge in [-0.3, -0.25) is 4.79 Å². The fourth-order valence-electron chi connectivity index (χ4n) is 2.56. The minimum absolute atomic E-state index is 0.0805. The third kappa shape index (κ3) is 3.58. The smallest absolute Gasteiger partial charge is 0.223 e. The molecule has 1 aliphatic carbocycles. The van der Waals surface area contributed by atoms with Crippen molar-refractivity contribution in [2.45, 2.75) is 45.1 Å². The van der Waals surface area contributed by atoms with E-state index in [4.69, 9.17) is 0 Å². The highest BCUT2D eigenvalue weighted by Gasteiger charge is 2.22. The van der Waals surface area contributed by atoms with E-state index in [1.165, 1.54) is 19.3 Å². The van der Waals surface area contributed by atoms with Crippen molar-refractivity contribution < 1.29 is 4.79 Å². The Morgan fingerprint density at radius 2 is 2.06 bits per heavy atom. The predicted octanol–water partition coefficient (Wildman–Crippen LogP) is 4.21. The monoisotopic (exact) mass is 309 g/mol. The van der Waals surface area contributed by atoms with Gasteiger partial charge in [-0.15, -0.1) is 0 Å². The zero-order valence-corrected chi connectivity index (χ0v) is 12.4. The van der Waals surface area contributed by atoms with Crippen molar-refractivity contribution in [3.63, 3.8) is 0 Å². The van der Waals surface area contributed by atoms with E-state index in [0.29, 0.717) is 0 Å². The molecule has 0 aromatic heterocycles. The average Bonchev–Trinajstić information content (AvgIpc) is 2.39. The Hall–Kier alpha value is -0.830. The maximum Gasteiger partial charge on any atom is 0.223 e. The first kappa shape index (κ1) is 13.6. The quantitative estimate of drug-likeness (QED) is 0.890. The summed E-state index contributed by atoms with van der Waals surface area (Å²) >= 11 is 3.46. The zero-order valence-electron chi connectivity index (χ0n) is 10.8. The molecule has 1 aromatic carbocycles. The standard InChI is InChI=1S/C15H20BrNO/c1-11(13-8-5-9-14(16)10-13)17-15(18)12-6-3-2-4-7-12/h5,8-12H,2-4,6-7H2,1H3,(H,17,18)/t11-/m1/s1. The van der Waals surface area contributed by atoms with Crippen molar-refractivity contribution in [3.8, 4) is 0 Å². The predicted molar refractivity (Wildman–Crippen MR) is 77.3 cm³/mol. The van der Waals surface area contributed by atoms with Gasteiger partial charge in [0.25, 0.3) is 0 Å². The second-order valence-corrected chi connectivity index (χ2v) is 6.04. The van der Waals surface area contributed by atoms with Crippen molar-refractivity contribution in [2.24, 2.45) is 5.92 Å². The first-order valence-corrected chi connectivity index (χ1v) is 7.52. The summed E-state index contributed by atoms with van der Waals surface area (Å²) in [4.78, 5) is 12.1. The van der Waals surface area contributed by atoms with Crippen LogP contribution in [0.4, 0.5) is 0 Å². The highest BCUT2D eigenvalue weighted by atomic mass is 79.9. The lowest BCUT2D eigenvalue weighted by molar-refractivity contribution is -0.126. The molecule has 0 heterocycles. The molecule has 3 heteroatoms. The molecular formula is C15H20BrNO. The molecule has 1 N–H and O–H groups in total. The van der Waals surface area contributed by atoms with Crippen LogP contribution in [0.5, 0.6) is 0 Å². The van der Waals surface area contributed by atoms with Gasteiger partial charge in [0.1, 0.15) is 0 Å². The van der Waals surface area contributed by atoms with Crippen LogP contribution in [0.3, 0.4) is 0 Å². The molecule has 98 valence electrons. The topological polar surface area (TPSA) is 29.1 Å². The third-order valence-electron chi connectivity index (χ3n) is 3.68. The van der Waals surface area contributed by atoms with Gasteiger partial charge in [-0.2, -0.15) is 0 Å². The Labute approximate surface area is 117 Å². The molecule has 1 amide bonds. The van der Waals surface area contributed by atoms with E-state index in [9.17, 15) is 4.79 Å². The lowest BCUT2D eigenvalue weighted by Crippen LogP contribution is -2.33. The number of nitrogens with one attached hydrogen (secondary N) is 1. The van der Waals surface area contributed by atoms with Crippen molar-refractivity contribution in [1.82, 2.24) is 5.32 Å².